The van der Waals surface area contributed by atoms with Crippen molar-refractivity contribution in [1.29, 1.82) is 0 Å². The first-order chi connectivity index (χ1) is 9.95. The van der Waals surface area contributed by atoms with Gasteiger partial charge in [0.1, 0.15) is 0 Å². The summed E-state index contributed by atoms with van der Waals surface area (Å²) >= 11 is 0. The maximum Gasteiger partial charge on any atom is 0.0724 e. The minimum absolute atomic E-state index is 0.176. The standard InChI is InChI=1S/C20H30O/c1-13-4-7-17-16-6-5-14-12-15(21)8-10-20(14,3)18(16)9-11-19(13,17)2/h12,15-18,21H,1,4-11H2,2-3H3. The van der Waals surface area contributed by atoms with Gasteiger partial charge < -0.3 is 5.11 Å². The molecule has 0 spiro atoms. The van der Waals surface area contributed by atoms with Gasteiger partial charge in [0.25, 0.3) is 0 Å². The van der Waals surface area contributed by atoms with Crippen LogP contribution in [0.1, 0.15) is 65.2 Å². The predicted octanol–water partition coefficient (Wildman–Crippen LogP) is 4.87. The third-order valence-corrected chi connectivity index (χ3v) is 8.04. The van der Waals surface area contributed by atoms with E-state index in [1.54, 1.807) is 5.57 Å². The largest absolute Gasteiger partial charge is 0.389 e. The van der Waals surface area contributed by atoms with Crippen LogP contribution in [0, 0.1) is 28.6 Å². The summed E-state index contributed by atoms with van der Waals surface area (Å²) in [7, 11) is 0. The summed E-state index contributed by atoms with van der Waals surface area (Å²) in [4.78, 5) is 0. The second-order valence-electron chi connectivity index (χ2n) is 8.73. The van der Waals surface area contributed by atoms with E-state index in [4.69, 9.17) is 0 Å². The van der Waals surface area contributed by atoms with E-state index in [-0.39, 0.29) is 6.10 Å². The first-order valence-electron chi connectivity index (χ1n) is 9.02. The number of allylic oxidation sites excluding steroid dienone is 2. The van der Waals surface area contributed by atoms with Gasteiger partial charge in [0, 0.05) is 0 Å². The Morgan fingerprint density at radius 3 is 2.52 bits per heavy atom. The van der Waals surface area contributed by atoms with E-state index >= 15 is 0 Å². The number of rotatable bonds is 0. The summed E-state index contributed by atoms with van der Waals surface area (Å²) in [5, 5.41) is 10.00. The van der Waals surface area contributed by atoms with Crippen molar-refractivity contribution in [2.75, 3.05) is 0 Å². The van der Waals surface area contributed by atoms with Gasteiger partial charge in [-0.3, -0.25) is 0 Å². The minimum atomic E-state index is -0.176. The molecule has 1 heteroatoms. The molecule has 3 saturated carbocycles. The van der Waals surface area contributed by atoms with Crippen LogP contribution in [-0.4, -0.2) is 11.2 Å². The van der Waals surface area contributed by atoms with Crippen molar-refractivity contribution in [3.63, 3.8) is 0 Å². The van der Waals surface area contributed by atoms with Crippen LogP contribution in [0.2, 0.25) is 0 Å². The zero-order valence-electron chi connectivity index (χ0n) is 13.7. The van der Waals surface area contributed by atoms with Crippen molar-refractivity contribution in [3.05, 3.63) is 23.8 Å². The van der Waals surface area contributed by atoms with E-state index in [0.717, 1.165) is 24.2 Å². The number of hydrogen-bond acceptors (Lipinski definition) is 1. The highest BCUT2D eigenvalue weighted by Crippen LogP contribution is 2.66. The number of aliphatic hydroxyl groups is 1. The highest BCUT2D eigenvalue weighted by molar-refractivity contribution is 5.28. The predicted molar refractivity (Wildman–Crippen MR) is 86.8 cm³/mol. The second-order valence-corrected chi connectivity index (χ2v) is 8.73. The molecule has 0 aromatic heterocycles. The lowest BCUT2D eigenvalue weighted by Gasteiger charge is -2.58. The van der Waals surface area contributed by atoms with Crippen LogP contribution in [0.15, 0.2) is 23.8 Å². The molecule has 21 heavy (non-hydrogen) atoms. The van der Waals surface area contributed by atoms with Crippen LogP contribution >= 0.6 is 0 Å². The van der Waals surface area contributed by atoms with Gasteiger partial charge >= 0.3 is 0 Å². The van der Waals surface area contributed by atoms with E-state index in [9.17, 15) is 5.11 Å². The van der Waals surface area contributed by atoms with E-state index in [1.807, 2.05) is 0 Å². The molecule has 4 rings (SSSR count). The van der Waals surface area contributed by atoms with Gasteiger partial charge in [-0.2, -0.15) is 0 Å². The van der Waals surface area contributed by atoms with Crippen LogP contribution in [0.3, 0.4) is 0 Å². The second kappa shape index (κ2) is 4.47. The Morgan fingerprint density at radius 2 is 1.71 bits per heavy atom. The van der Waals surface area contributed by atoms with Crippen LogP contribution in [0.5, 0.6) is 0 Å². The maximum absolute atomic E-state index is 10.00. The van der Waals surface area contributed by atoms with Crippen LogP contribution in [-0.2, 0) is 0 Å². The van der Waals surface area contributed by atoms with Crippen molar-refractivity contribution in [1.82, 2.24) is 0 Å². The Morgan fingerprint density at radius 1 is 1.00 bits per heavy atom. The summed E-state index contributed by atoms with van der Waals surface area (Å²) in [5.74, 6) is 2.64. The van der Waals surface area contributed by atoms with Crippen molar-refractivity contribution in [2.24, 2.45) is 28.6 Å². The quantitative estimate of drug-likeness (QED) is 0.630. The summed E-state index contributed by atoms with van der Waals surface area (Å²) < 4.78 is 0. The van der Waals surface area contributed by atoms with Gasteiger partial charge in [0.2, 0.25) is 0 Å². The van der Waals surface area contributed by atoms with E-state index in [0.29, 0.717) is 10.8 Å². The molecule has 0 heterocycles. The third kappa shape index (κ3) is 1.79. The first kappa shape index (κ1) is 14.1. The lowest BCUT2D eigenvalue weighted by atomic mass is 9.47. The molecule has 0 aliphatic heterocycles. The van der Waals surface area contributed by atoms with E-state index in [1.165, 1.54) is 50.5 Å². The molecular formula is C20H30O. The lowest BCUT2D eigenvalue weighted by molar-refractivity contribution is -0.0313. The van der Waals surface area contributed by atoms with Gasteiger partial charge in [-0.05, 0) is 80.0 Å². The Bertz CT molecular complexity index is 504. The molecule has 0 aromatic rings. The molecule has 0 bridgehead atoms. The molecule has 0 aromatic carbocycles. The fourth-order valence-electron chi connectivity index (χ4n) is 6.62. The molecular weight excluding hydrogens is 256 g/mol. The van der Waals surface area contributed by atoms with Gasteiger partial charge in [0.05, 0.1) is 6.10 Å². The van der Waals surface area contributed by atoms with Crippen molar-refractivity contribution < 1.29 is 5.11 Å². The van der Waals surface area contributed by atoms with Crippen molar-refractivity contribution in [3.8, 4) is 0 Å². The van der Waals surface area contributed by atoms with E-state index < -0.39 is 0 Å². The highest BCUT2D eigenvalue weighted by atomic mass is 16.3. The summed E-state index contributed by atoms with van der Waals surface area (Å²) in [6.07, 6.45) is 12.2. The molecule has 1 nitrogen and oxygen atoms in total. The van der Waals surface area contributed by atoms with Crippen LogP contribution in [0.25, 0.3) is 0 Å². The molecule has 116 valence electrons. The average Bonchev–Trinajstić information content (AvgIpc) is 2.76. The third-order valence-electron chi connectivity index (χ3n) is 8.04. The van der Waals surface area contributed by atoms with Crippen molar-refractivity contribution in [2.45, 2.75) is 71.3 Å². The Labute approximate surface area is 129 Å². The monoisotopic (exact) mass is 286 g/mol. The van der Waals surface area contributed by atoms with Gasteiger partial charge in [-0.1, -0.05) is 37.6 Å². The summed E-state index contributed by atoms with van der Waals surface area (Å²) in [6.45, 7) is 9.42. The van der Waals surface area contributed by atoms with Gasteiger partial charge in [-0.25, -0.2) is 0 Å². The Kier molecular flexibility index (Phi) is 2.99. The topological polar surface area (TPSA) is 20.2 Å². The molecule has 0 radical (unpaired) electrons. The molecule has 3 fully saturated rings. The van der Waals surface area contributed by atoms with E-state index in [2.05, 4.69) is 26.5 Å². The fourth-order valence-corrected chi connectivity index (χ4v) is 6.62. The molecule has 4 aliphatic carbocycles. The maximum atomic E-state index is 10.00. The van der Waals surface area contributed by atoms with Crippen LogP contribution in [0.4, 0.5) is 0 Å². The zero-order chi connectivity index (χ0) is 14.8. The van der Waals surface area contributed by atoms with Gasteiger partial charge in [-0.15, -0.1) is 0 Å². The number of fused-ring (bicyclic) bond motifs is 5. The first-order valence-corrected chi connectivity index (χ1v) is 9.02. The Hall–Kier alpha value is -0.560. The molecule has 0 saturated heterocycles. The fraction of sp³-hybridized carbons (Fsp3) is 0.800. The lowest BCUT2D eigenvalue weighted by Crippen LogP contribution is -2.49. The molecule has 6 unspecified atom stereocenters. The number of hydrogen-bond donors (Lipinski definition) is 1. The minimum Gasteiger partial charge on any atom is -0.389 e. The van der Waals surface area contributed by atoms with Crippen molar-refractivity contribution >= 4 is 0 Å². The highest BCUT2D eigenvalue weighted by Gasteiger charge is 2.57. The SMILES string of the molecule is C=C1CCC2C3CCC4=CC(O)CCC4(C)C3CCC12C. The zero-order valence-corrected chi connectivity index (χ0v) is 13.7. The smallest absolute Gasteiger partial charge is 0.0724 e. The molecule has 4 aliphatic rings. The molecule has 1 N–H and O–H groups in total. The summed E-state index contributed by atoms with van der Waals surface area (Å²) in [6, 6.07) is 0. The average molecular weight is 286 g/mol. The molecule has 6 atom stereocenters. The van der Waals surface area contributed by atoms with Crippen LogP contribution < -0.4 is 0 Å². The normalized spacial score (nSPS) is 52.7. The van der Waals surface area contributed by atoms with Gasteiger partial charge in [0.15, 0.2) is 0 Å². The Balaban J connectivity index is 1.69. The number of aliphatic hydroxyl groups excluding tert-OH is 1. The summed E-state index contributed by atoms with van der Waals surface area (Å²) in [5.41, 5.74) is 3.94. The molecule has 0 amide bonds.